The van der Waals surface area contributed by atoms with Crippen LogP contribution >= 0.6 is 0 Å². The summed E-state index contributed by atoms with van der Waals surface area (Å²) in [4.78, 5) is 2.71. The van der Waals surface area contributed by atoms with Gasteiger partial charge >= 0.3 is 0 Å². The summed E-state index contributed by atoms with van der Waals surface area (Å²) >= 11 is 0. The van der Waals surface area contributed by atoms with Gasteiger partial charge in [-0.1, -0.05) is 105 Å². The largest absolute Gasteiger partial charge is 0.296 e. The number of piperidine rings is 1. The summed E-state index contributed by atoms with van der Waals surface area (Å²) in [5.74, 6) is 0. The van der Waals surface area contributed by atoms with Gasteiger partial charge < -0.3 is 0 Å². The molecule has 1 saturated heterocycles. The van der Waals surface area contributed by atoms with Gasteiger partial charge in [-0.15, -0.1) is 0 Å². The fourth-order valence-corrected chi connectivity index (χ4v) is 5.69. The van der Waals surface area contributed by atoms with Gasteiger partial charge in [-0.2, -0.15) is 0 Å². The molecule has 1 atom stereocenters. The average Bonchev–Trinajstić information content (AvgIpc) is 2.89. The first-order valence-corrected chi connectivity index (χ1v) is 14.3. The minimum Gasteiger partial charge on any atom is -0.296 e. The molecule has 0 bridgehead atoms. The van der Waals surface area contributed by atoms with Crippen LogP contribution in [0.25, 0.3) is 23.3 Å². The summed E-state index contributed by atoms with van der Waals surface area (Å²) in [5, 5.41) is 0. The highest BCUT2D eigenvalue weighted by atomic mass is 15.2. The minimum atomic E-state index is 0.700. The maximum Gasteiger partial charge on any atom is 0.0239 e. The molecular weight excluding hydrogens is 434 g/mol. The molecule has 1 aliphatic heterocycles. The van der Waals surface area contributed by atoms with Crippen LogP contribution in [-0.2, 0) is 13.0 Å². The molecule has 1 fully saturated rings. The van der Waals surface area contributed by atoms with E-state index in [1.807, 2.05) is 0 Å². The third-order valence-electron chi connectivity index (χ3n) is 8.10. The van der Waals surface area contributed by atoms with E-state index in [1.54, 1.807) is 11.1 Å². The summed E-state index contributed by atoms with van der Waals surface area (Å²) in [5.41, 5.74) is 11.1. The fourth-order valence-electron chi connectivity index (χ4n) is 5.69. The Bertz CT molecular complexity index is 1140. The molecule has 1 heteroatoms. The molecule has 4 rings (SSSR count). The molecule has 3 aromatic rings. The molecule has 1 unspecified atom stereocenters. The zero-order valence-electron chi connectivity index (χ0n) is 23.0. The maximum atomic E-state index is 2.71. The molecule has 1 aliphatic rings. The SMILES string of the molecule is CCCCCCc1cc(/C=C/c2cccc(-c3ccccc3)c2C)c(C)cc1CN1CCCCC1C. The number of hydrogen-bond donors (Lipinski definition) is 0. The van der Waals surface area contributed by atoms with Gasteiger partial charge in [0.1, 0.15) is 0 Å². The van der Waals surface area contributed by atoms with E-state index in [2.05, 4.69) is 105 Å². The lowest BCUT2D eigenvalue weighted by atomic mass is 9.92. The van der Waals surface area contributed by atoms with E-state index < -0.39 is 0 Å². The Balaban J connectivity index is 1.60. The maximum absolute atomic E-state index is 2.71. The van der Waals surface area contributed by atoms with Crippen LogP contribution in [0.15, 0.2) is 60.7 Å². The average molecular weight is 480 g/mol. The van der Waals surface area contributed by atoms with Crippen molar-refractivity contribution in [3.63, 3.8) is 0 Å². The van der Waals surface area contributed by atoms with Gasteiger partial charge in [-0.3, -0.25) is 4.90 Å². The van der Waals surface area contributed by atoms with Gasteiger partial charge in [0.15, 0.2) is 0 Å². The summed E-state index contributed by atoms with van der Waals surface area (Å²) < 4.78 is 0. The molecule has 0 saturated carbocycles. The Morgan fingerprint density at radius 3 is 2.42 bits per heavy atom. The molecular formula is C35H45N. The predicted molar refractivity (Wildman–Crippen MR) is 158 cm³/mol. The number of benzene rings is 3. The first-order valence-electron chi connectivity index (χ1n) is 14.3. The predicted octanol–water partition coefficient (Wildman–Crippen LogP) is 9.64. The van der Waals surface area contributed by atoms with Crippen LogP contribution in [0.4, 0.5) is 0 Å². The molecule has 0 aromatic heterocycles. The second-order valence-electron chi connectivity index (χ2n) is 10.8. The van der Waals surface area contributed by atoms with E-state index in [1.165, 1.54) is 91.3 Å². The van der Waals surface area contributed by atoms with E-state index in [-0.39, 0.29) is 0 Å². The number of unbranched alkanes of at least 4 members (excludes halogenated alkanes) is 3. The van der Waals surface area contributed by atoms with Crippen LogP contribution in [0, 0.1) is 13.8 Å². The summed E-state index contributed by atoms with van der Waals surface area (Å²) in [6.45, 7) is 11.6. The number of hydrogen-bond acceptors (Lipinski definition) is 1. The van der Waals surface area contributed by atoms with Gasteiger partial charge in [0, 0.05) is 12.6 Å². The van der Waals surface area contributed by atoms with Gasteiger partial charge in [0.2, 0.25) is 0 Å². The van der Waals surface area contributed by atoms with Gasteiger partial charge in [-0.05, 0) is 97.5 Å². The number of aryl methyl sites for hydroxylation is 2. The quantitative estimate of drug-likeness (QED) is 0.207. The van der Waals surface area contributed by atoms with Crippen molar-refractivity contribution < 1.29 is 0 Å². The topological polar surface area (TPSA) is 3.24 Å². The van der Waals surface area contributed by atoms with Crippen molar-refractivity contribution in [1.82, 2.24) is 4.90 Å². The van der Waals surface area contributed by atoms with Gasteiger partial charge in [-0.25, -0.2) is 0 Å². The molecule has 0 spiro atoms. The third kappa shape index (κ3) is 6.77. The van der Waals surface area contributed by atoms with E-state index >= 15 is 0 Å². The molecule has 3 aromatic carbocycles. The molecule has 36 heavy (non-hydrogen) atoms. The van der Waals surface area contributed by atoms with Crippen LogP contribution in [0.3, 0.4) is 0 Å². The van der Waals surface area contributed by atoms with Crippen molar-refractivity contribution in [3.05, 3.63) is 94.0 Å². The molecule has 0 radical (unpaired) electrons. The van der Waals surface area contributed by atoms with Gasteiger partial charge in [0.25, 0.3) is 0 Å². The molecule has 0 amide bonds. The lowest BCUT2D eigenvalue weighted by Crippen LogP contribution is -2.37. The summed E-state index contributed by atoms with van der Waals surface area (Å²) in [6.07, 6.45) is 15.2. The molecule has 1 heterocycles. The monoisotopic (exact) mass is 479 g/mol. The van der Waals surface area contributed by atoms with Crippen molar-refractivity contribution in [2.45, 2.75) is 91.6 Å². The number of nitrogens with zero attached hydrogens (tertiary/aromatic N) is 1. The van der Waals surface area contributed by atoms with E-state index in [4.69, 9.17) is 0 Å². The van der Waals surface area contributed by atoms with Crippen molar-refractivity contribution in [3.8, 4) is 11.1 Å². The van der Waals surface area contributed by atoms with E-state index in [0.717, 1.165) is 6.54 Å². The second-order valence-corrected chi connectivity index (χ2v) is 10.8. The van der Waals surface area contributed by atoms with Crippen LogP contribution in [-0.4, -0.2) is 17.5 Å². The zero-order valence-corrected chi connectivity index (χ0v) is 23.0. The lowest BCUT2D eigenvalue weighted by molar-refractivity contribution is 0.152. The van der Waals surface area contributed by atoms with E-state index in [0.29, 0.717) is 6.04 Å². The van der Waals surface area contributed by atoms with Crippen LogP contribution in [0.5, 0.6) is 0 Å². The van der Waals surface area contributed by atoms with Crippen molar-refractivity contribution >= 4 is 12.2 Å². The fraction of sp³-hybridized carbons (Fsp3) is 0.429. The molecule has 0 N–H and O–H groups in total. The zero-order chi connectivity index (χ0) is 25.3. The highest BCUT2D eigenvalue weighted by molar-refractivity contribution is 5.78. The smallest absolute Gasteiger partial charge is 0.0239 e. The highest BCUT2D eigenvalue weighted by Gasteiger charge is 2.19. The van der Waals surface area contributed by atoms with Gasteiger partial charge in [0.05, 0.1) is 0 Å². The Morgan fingerprint density at radius 1 is 0.833 bits per heavy atom. The lowest BCUT2D eigenvalue weighted by Gasteiger charge is -2.34. The minimum absolute atomic E-state index is 0.700. The highest BCUT2D eigenvalue weighted by Crippen LogP contribution is 2.28. The Labute approximate surface area is 220 Å². The van der Waals surface area contributed by atoms with Crippen LogP contribution in [0.2, 0.25) is 0 Å². The molecule has 190 valence electrons. The summed E-state index contributed by atoms with van der Waals surface area (Å²) in [6, 6.07) is 23.1. The van der Waals surface area contributed by atoms with Crippen molar-refractivity contribution in [2.24, 2.45) is 0 Å². The van der Waals surface area contributed by atoms with E-state index in [9.17, 15) is 0 Å². The summed E-state index contributed by atoms with van der Waals surface area (Å²) in [7, 11) is 0. The standard InChI is InChI=1S/C35H45N/c1-5-6-7-9-18-33-25-32(27(2)24-34(33)26-36-23-13-12-15-28(36)3)22-21-30-19-14-20-35(29(30)4)31-16-10-8-11-17-31/h8,10-11,14,16-17,19-22,24-25,28H,5-7,9,12-13,15,18,23,26H2,1-4H3/b22-21+. The molecule has 0 aliphatic carbocycles. The van der Waals surface area contributed by atoms with Crippen molar-refractivity contribution in [2.75, 3.05) is 6.54 Å². The Hall–Kier alpha value is -2.64. The van der Waals surface area contributed by atoms with Crippen LogP contribution in [0.1, 0.15) is 92.2 Å². The number of likely N-dealkylation sites (tertiary alicyclic amines) is 1. The third-order valence-corrected chi connectivity index (χ3v) is 8.10. The van der Waals surface area contributed by atoms with Crippen LogP contribution < -0.4 is 0 Å². The normalized spacial score (nSPS) is 16.6. The Morgan fingerprint density at radius 2 is 1.64 bits per heavy atom. The number of rotatable bonds is 10. The first-order chi connectivity index (χ1) is 17.6. The van der Waals surface area contributed by atoms with Crippen molar-refractivity contribution in [1.29, 1.82) is 0 Å². The molecule has 1 nitrogen and oxygen atoms in total. The first kappa shape index (κ1) is 26.4. The Kier molecular flexibility index (Phi) is 9.59. The second kappa shape index (κ2) is 13.1.